The molecule has 1 heterocycles. The van der Waals surface area contributed by atoms with Crippen molar-refractivity contribution in [2.75, 3.05) is 32.4 Å². The maximum Gasteiger partial charge on any atom is 0.150 e. The van der Waals surface area contributed by atoms with Gasteiger partial charge in [0.25, 0.3) is 0 Å². The molecule has 5 nitrogen and oxygen atoms in total. The van der Waals surface area contributed by atoms with Crippen LogP contribution >= 0.6 is 0 Å². The summed E-state index contributed by atoms with van der Waals surface area (Å²) in [5.74, 6) is 3.66. The zero-order valence-electron chi connectivity index (χ0n) is 32.0. The molecular weight excluding hydrogens is 623 g/mol. The van der Waals surface area contributed by atoms with Gasteiger partial charge in [-0.25, -0.2) is 8.42 Å². The van der Waals surface area contributed by atoms with Crippen LogP contribution in [0.2, 0.25) is 0 Å². The Morgan fingerprint density at radius 3 is 2.35 bits per heavy atom. The zero-order chi connectivity index (χ0) is 35.2. The number of fused-ring (bicyclic) bond motifs is 7. The number of likely N-dealkylation sites (tertiary alicyclic amines) is 1. The van der Waals surface area contributed by atoms with Gasteiger partial charge in [0.1, 0.15) is 9.84 Å². The van der Waals surface area contributed by atoms with Gasteiger partial charge in [-0.3, -0.25) is 0 Å². The van der Waals surface area contributed by atoms with Gasteiger partial charge in [-0.1, -0.05) is 64.5 Å². The van der Waals surface area contributed by atoms with E-state index in [0.717, 1.165) is 63.7 Å². The Hall–Kier alpha value is -1.42. The predicted octanol–water partition coefficient (Wildman–Crippen LogP) is 8.89. The number of hydrogen-bond acceptors (Lipinski definition) is 5. The lowest BCUT2D eigenvalue weighted by atomic mass is 9.33. The van der Waals surface area contributed by atoms with E-state index >= 15 is 0 Å². The topological polar surface area (TPSA) is 73.2 Å². The van der Waals surface area contributed by atoms with E-state index in [0.29, 0.717) is 34.0 Å². The fourth-order valence-corrected chi connectivity index (χ4v) is 15.4. The second-order valence-electron chi connectivity index (χ2n) is 19.8. The first-order valence-corrected chi connectivity index (χ1v) is 22.1. The van der Waals surface area contributed by atoms with Gasteiger partial charge in [-0.2, -0.15) is 5.26 Å². The van der Waals surface area contributed by atoms with Crippen LogP contribution in [-0.4, -0.2) is 56.5 Å². The molecule has 7 aliphatic rings. The Balaban J connectivity index is 1.10. The van der Waals surface area contributed by atoms with Crippen molar-refractivity contribution in [3.63, 3.8) is 0 Å². The van der Waals surface area contributed by atoms with Crippen LogP contribution in [0.3, 0.4) is 0 Å². The number of nitrogens with one attached hydrogen (secondary N) is 1. The highest BCUT2D eigenvalue weighted by molar-refractivity contribution is 7.91. The molecule has 1 aliphatic heterocycles. The summed E-state index contributed by atoms with van der Waals surface area (Å²) in [4.78, 5) is 2.50. The average molecular weight is 690 g/mol. The highest BCUT2D eigenvalue weighted by atomic mass is 32.2. The van der Waals surface area contributed by atoms with Crippen molar-refractivity contribution in [1.29, 1.82) is 5.26 Å². The van der Waals surface area contributed by atoms with Crippen LogP contribution in [-0.2, 0) is 9.84 Å². The highest BCUT2D eigenvalue weighted by Gasteiger charge is 2.70. The minimum Gasteiger partial charge on any atom is -0.310 e. The summed E-state index contributed by atoms with van der Waals surface area (Å²) in [6, 6.07) is 2.47. The van der Waals surface area contributed by atoms with Crippen LogP contribution in [0, 0.1) is 68.5 Å². The second kappa shape index (κ2) is 12.3. The van der Waals surface area contributed by atoms with Crippen molar-refractivity contribution in [3.8, 4) is 6.07 Å². The Morgan fingerprint density at radius 2 is 1.69 bits per heavy atom. The minimum absolute atomic E-state index is 0.156. The molecule has 9 atom stereocenters. The van der Waals surface area contributed by atoms with Crippen molar-refractivity contribution in [2.24, 2.45) is 57.2 Å². The number of hydrogen-bond donors (Lipinski definition) is 1. The smallest absolute Gasteiger partial charge is 0.150 e. The van der Waals surface area contributed by atoms with Gasteiger partial charge < -0.3 is 10.2 Å². The summed E-state index contributed by atoms with van der Waals surface area (Å²) >= 11 is 0. The van der Waals surface area contributed by atoms with Gasteiger partial charge in [0.15, 0.2) is 0 Å². The number of nitriles is 1. The van der Waals surface area contributed by atoms with E-state index in [4.69, 9.17) is 0 Å². The molecule has 0 aromatic heterocycles. The Labute approximate surface area is 299 Å². The van der Waals surface area contributed by atoms with Crippen molar-refractivity contribution in [1.82, 2.24) is 10.2 Å². The van der Waals surface area contributed by atoms with Crippen LogP contribution in [0.1, 0.15) is 125 Å². The number of rotatable bonds is 7. The van der Waals surface area contributed by atoms with Crippen LogP contribution < -0.4 is 5.32 Å². The monoisotopic (exact) mass is 689 g/mol. The highest BCUT2D eigenvalue weighted by Crippen LogP contribution is 2.76. The molecule has 6 heteroatoms. The van der Waals surface area contributed by atoms with Gasteiger partial charge in [0.05, 0.1) is 17.2 Å². The first-order chi connectivity index (χ1) is 23.0. The number of allylic oxidation sites excluding steroid dienone is 5. The summed E-state index contributed by atoms with van der Waals surface area (Å²) < 4.78 is 24.2. The molecule has 272 valence electrons. The van der Waals surface area contributed by atoms with E-state index in [9.17, 15) is 13.7 Å². The summed E-state index contributed by atoms with van der Waals surface area (Å²) in [7, 11) is -2.93. The normalized spacial score (nSPS) is 45.1. The van der Waals surface area contributed by atoms with E-state index < -0.39 is 9.84 Å². The maximum absolute atomic E-state index is 12.1. The molecule has 0 aromatic rings. The van der Waals surface area contributed by atoms with Crippen molar-refractivity contribution in [2.45, 2.75) is 136 Å². The van der Waals surface area contributed by atoms with Gasteiger partial charge in [-0.15, -0.1) is 0 Å². The predicted molar refractivity (Wildman–Crippen MR) is 201 cm³/mol. The molecule has 0 radical (unpaired) electrons. The molecule has 0 aromatic carbocycles. The molecule has 6 aliphatic carbocycles. The quantitative estimate of drug-likeness (QED) is 0.271. The van der Waals surface area contributed by atoms with E-state index in [1.54, 1.807) is 5.57 Å². The van der Waals surface area contributed by atoms with E-state index in [1.165, 1.54) is 75.2 Å². The molecule has 5 saturated carbocycles. The number of nitrogens with zero attached hydrogens (tertiary/aromatic N) is 2. The third kappa shape index (κ3) is 5.60. The molecule has 1 N–H and O–H groups in total. The van der Waals surface area contributed by atoms with Crippen molar-refractivity contribution < 1.29 is 8.42 Å². The fourth-order valence-electron chi connectivity index (χ4n) is 14.4. The lowest BCUT2D eigenvalue weighted by Gasteiger charge is -2.72. The largest absolute Gasteiger partial charge is 0.310 e. The third-order valence-corrected chi connectivity index (χ3v) is 19.0. The van der Waals surface area contributed by atoms with Crippen LogP contribution in [0.25, 0.3) is 0 Å². The first-order valence-electron chi connectivity index (χ1n) is 20.1. The van der Waals surface area contributed by atoms with E-state index in [2.05, 4.69) is 76.6 Å². The van der Waals surface area contributed by atoms with Gasteiger partial charge in [0, 0.05) is 24.9 Å². The van der Waals surface area contributed by atoms with Gasteiger partial charge in [0.2, 0.25) is 0 Å². The Bertz CT molecular complexity index is 1540. The maximum atomic E-state index is 12.1. The minimum atomic E-state index is -2.93. The lowest BCUT2D eigenvalue weighted by molar-refractivity contribution is -0.221. The molecule has 7 rings (SSSR count). The molecule has 0 bridgehead atoms. The van der Waals surface area contributed by atoms with Crippen LogP contribution in [0.15, 0.2) is 35.5 Å². The number of piperidine rings is 1. The molecular formula is C43H67N3O2S. The van der Waals surface area contributed by atoms with Crippen LogP contribution in [0.4, 0.5) is 0 Å². The number of sulfone groups is 1. The molecule has 0 spiro atoms. The molecule has 6 fully saturated rings. The lowest BCUT2D eigenvalue weighted by Crippen LogP contribution is -2.68. The summed E-state index contributed by atoms with van der Waals surface area (Å²) in [6.07, 6.45) is 21.8. The van der Waals surface area contributed by atoms with Crippen molar-refractivity contribution >= 4 is 9.84 Å². The summed E-state index contributed by atoms with van der Waals surface area (Å²) in [5.41, 5.74) is 5.80. The first kappa shape index (κ1) is 36.0. The van der Waals surface area contributed by atoms with E-state index in [-0.39, 0.29) is 22.1 Å². The Morgan fingerprint density at radius 1 is 0.980 bits per heavy atom. The van der Waals surface area contributed by atoms with Gasteiger partial charge in [-0.05, 0) is 160 Å². The molecule has 0 amide bonds. The molecule has 1 saturated heterocycles. The zero-order valence-corrected chi connectivity index (χ0v) is 32.9. The third-order valence-electron chi connectivity index (χ3n) is 17.3. The van der Waals surface area contributed by atoms with E-state index in [1.807, 2.05) is 0 Å². The van der Waals surface area contributed by atoms with Crippen LogP contribution in [0.5, 0.6) is 0 Å². The summed E-state index contributed by atoms with van der Waals surface area (Å²) in [5, 5.41) is 13.5. The summed E-state index contributed by atoms with van der Waals surface area (Å²) in [6.45, 7) is 24.0. The standard InChI is InChI=1S/C43H67N3O2S/c1-29(2)34-12-18-43(45-21-24-46-22-14-33(15-23-46)49(8,47)48)20-19-41(6)35(38(34)43)9-10-37-40(5)16-11-32(27-30-25-31(26-30)28-44)39(3,4)36(40)13-17-42(37,41)7/h11,27,31,33-38,45H,1,9-10,12-26H2,2-8H3/t31?,34-,35+,36-,37+,38+,40-,41+,42+,43-/m0/s1. The molecule has 49 heavy (non-hydrogen) atoms. The Kier molecular flexibility index (Phi) is 9.05. The molecule has 0 unspecified atom stereocenters. The second-order valence-corrected chi connectivity index (χ2v) is 22.1. The van der Waals surface area contributed by atoms with Crippen molar-refractivity contribution in [3.05, 3.63) is 35.5 Å². The average Bonchev–Trinajstić information content (AvgIpc) is 3.40. The SMILES string of the molecule is C=C(C)[C@@H]1CC[C@]2(NCCN3CCC(S(C)(=O)=O)CC3)CC[C@]3(C)[C@H](CC[C@@H]4[C@@]5(C)CC=C(C=C6CC(C#N)C6)C(C)(C)[C@@H]5CC[C@]43C)[C@@H]12. The van der Waals surface area contributed by atoms with Gasteiger partial charge >= 0.3 is 0 Å². The fraction of sp³-hybridized carbons (Fsp3) is 0.837.